The lowest BCUT2D eigenvalue weighted by Crippen LogP contribution is -2.48. The molecule has 0 aromatic heterocycles. The van der Waals surface area contributed by atoms with Crippen molar-refractivity contribution < 1.29 is 14.6 Å². The number of rotatable bonds is 2. The third kappa shape index (κ3) is 4.71. The summed E-state index contributed by atoms with van der Waals surface area (Å²) >= 11 is 3.54. The first-order valence-corrected chi connectivity index (χ1v) is 8.45. The average Bonchev–Trinajstić information content (AvgIpc) is 2.41. The highest BCUT2D eigenvalue weighted by molar-refractivity contribution is 9.10. The van der Waals surface area contributed by atoms with Gasteiger partial charge < -0.3 is 14.7 Å². The SMILES string of the molecule is CC(C)(C)OC(=O)N1CCC(O)C(Cc2ccccc2Br)C1. The van der Waals surface area contributed by atoms with Crippen molar-refractivity contribution in [3.8, 4) is 0 Å². The van der Waals surface area contributed by atoms with Crippen LogP contribution >= 0.6 is 15.9 Å². The molecule has 1 aliphatic rings. The maximum Gasteiger partial charge on any atom is 0.410 e. The van der Waals surface area contributed by atoms with Crippen LogP contribution in [0.2, 0.25) is 0 Å². The number of halogens is 1. The van der Waals surface area contributed by atoms with Gasteiger partial charge in [-0.25, -0.2) is 4.79 Å². The summed E-state index contributed by atoms with van der Waals surface area (Å²) in [6.07, 6.45) is 0.651. The Morgan fingerprint density at radius 2 is 2.09 bits per heavy atom. The molecule has 1 aromatic carbocycles. The zero-order valence-electron chi connectivity index (χ0n) is 13.4. The number of aliphatic hydroxyl groups excluding tert-OH is 1. The van der Waals surface area contributed by atoms with Crippen LogP contribution in [0.5, 0.6) is 0 Å². The van der Waals surface area contributed by atoms with E-state index in [0.29, 0.717) is 19.5 Å². The zero-order valence-corrected chi connectivity index (χ0v) is 15.0. The molecule has 0 spiro atoms. The van der Waals surface area contributed by atoms with E-state index in [0.717, 1.165) is 16.5 Å². The van der Waals surface area contributed by atoms with E-state index in [1.165, 1.54) is 0 Å². The molecule has 1 saturated heterocycles. The lowest BCUT2D eigenvalue weighted by atomic mass is 9.89. The summed E-state index contributed by atoms with van der Waals surface area (Å²) < 4.78 is 6.47. The normalized spacial score (nSPS) is 22.5. The maximum absolute atomic E-state index is 12.2. The number of ether oxygens (including phenoxy) is 1. The number of hydrogen-bond donors (Lipinski definition) is 1. The van der Waals surface area contributed by atoms with Crippen LogP contribution in [0.1, 0.15) is 32.8 Å². The van der Waals surface area contributed by atoms with Crippen molar-refractivity contribution in [1.82, 2.24) is 4.90 Å². The highest BCUT2D eigenvalue weighted by Crippen LogP contribution is 2.26. The van der Waals surface area contributed by atoms with E-state index >= 15 is 0 Å². The Morgan fingerprint density at radius 3 is 2.73 bits per heavy atom. The minimum Gasteiger partial charge on any atom is -0.444 e. The van der Waals surface area contributed by atoms with E-state index < -0.39 is 5.60 Å². The van der Waals surface area contributed by atoms with Gasteiger partial charge in [-0.1, -0.05) is 34.1 Å². The molecule has 1 aliphatic heterocycles. The number of nitrogens with zero attached hydrogens (tertiary/aromatic N) is 1. The Kier molecular flexibility index (Phi) is 5.50. The molecule has 4 nitrogen and oxygen atoms in total. The Bertz CT molecular complexity index is 527. The van der Waals surface area contributed by atoms with Crippen LogP contribution in [-0.2, 0) is 11.2 Å². The van der Waals surface area contributed by atoms with Gasteiger partial charge in [0.05, 0.1) is 6.10 Å². The predicted octanol–water partition coefficient (Wildman–Crippen LogP) is 3.61. The summed E-state index contributed by atoms with van der Waals surface area (Å²) in [6.45, 7) is 6.66. The second-order valence-electron chi connectivity index (χ2n) is 6.84. The number of likely N-dealkylation sites (tertiary alicyclic amines) is 1. The van der Waals surface area contributed by atoms with Gasteiger partial charge in [0.25, 0.3) is 0 Å². The zero-order chi connectivity index (χ0) is 16.3. The van der Waals surface area contributed by atoms with Crippen molar-refractivity contribution in [2.24, 2.45) is 5.92 Å². The summed E-state index contributed by atoms with van der Waals surface area (Å²) in [5.41, 5.74) is 0.656. The van der Waals surface area contributed by atoms with E-state index in [9.17, 15) is 9.90 Å². The van der Waals surface area contributed by atoms with Crippen LogP contribution in [0.4, 0.5) is 4.79 Å². The number of amides is 1. The van der Waals surface area contributed by atoms with Crippen molar-refractivity contribution >= 4 is 22.0 Å². The topological polar surface area (TPSA) is 49.8 Å². The van der Waals surface area contributed by atoms with Crippen molar-refractivity contribution in [2.45, 2.75) is 45.3 Å². The summed E-state index contributed by atoms with van der Waals surface area (Å²) in [6, 6.07) is 8.00. The van der Waals surface area contributed by atoms with Crippen molar-refractivity contribution in [1.29, 1.82) is 0 Å². The Morgan fingerprint density at radius 1 is 1.41 bits per heavy atom. The molecule has 0 saturated carbocycles. The molecule has 0 aliphatic carbocycles. The van der Waals surface area contributed by atoms with E-state index in [2.05, 4.69) is 15.9 Å². The second kappa shape index (κ2) is 7.01. The molecule has 0 radical (unpaired) electrons. The number of benzene rings is 1. The Hall–Kier alpha value is -1.07. The first kappa shape index (κ1) is 17.3. The average molecular weight is 370 g/mol. The molecule has 2 atom stereocenters. The van der Waals surface area contributed by atoms with Crippen LogP contribution in [0, 0.1) is 5.92 Å². The summed E-state index contributed by atoms with van der Waals surface area (Å²) in [7, 11) is 0. The van der Waals surface area contributed by atoms with Gasteiger partial charge in [-0.2, -0.15) is 0 Å². The first-order chi connectivity index (χ1) is 10.3. The van der Waals surface area contributed by atoms with Gasteiger partial charge >= 0.3 is 6.09 Å². The van der Waals surface area contributed by atoms with Crippen LogP contribution in [-0.4, -0.2) is 40.9 Å². The quantitative estimate of drug-likeness (QED) is 0.865. The number of carbonyl (C=O) groups excluding carboxylic acids is 1. The van der Waals surface area contributed by atoms with Crippen LogP contribution in [0.25, 0.3) is 0 Å². The first-order valence-electron chi connectivity index (χ1n) is 7.65. The largest absolute Gasteiger partial charge is 0.444 e. The molecule has 2 rings (SSSR count). The van der Waals surface area contributed by atoms with Gasteiger partial charge in [0.1, 0.15) is 5.60 Å². The third-order valence-electron chi connectivity index (χ3n) is 3.79. The molecule has 22 heavy (non-hydrogen) atoms. The minimum atomic E-state index is -0.495. The Balaban J connectivity index is 2.02. The lowest BCUT2D eigenvalue weighted by Gasteiger charge is -2.37. The molecule has 2 unspecified atom stereocenters. The maximum atomic E-state index is 12.2. The molecule has 1 amide bonds. The molecular formula is C17H24BrNO3. The lowest BCUT2D eigenvalue weighted by molar-refractivity contribution is -0.00826. The standard InChI is InChI=1S/C17H24BrNO3/c1-17(2,3)22-16(21)19-9-8-15(20)13(11-19)10-12-6-4-5-7-14(12)18/h4-7,13,15,20H,8-11H2,1-3H3. The predicted molar refractivity (Wildman–Crippen MR) is 89.8 cm³/mol. The van der Waals surface area contributed by atoms with Gasteiger partial charge in [-0.15, -0.1) is 0 Å². The van der Waals surface area contributed by atoms with Crippen molar-refractivity contribution in [3.63, 3.8) is 0 Å². The van der Waals surface area contributed by atoms with Crippen LogP contribution in [0.3, 0.4) is 0 Å². The van der Waals surface area contributed by atoms with E-state index in [1.807, 2.05) is 45.0 Å². The summed E-state index contributed by atoms with van der Waals surface area (Å²) in [5.74, 6) is 0.0277. The fourth-order valence-electron chi connectivity index (χ4n) is 2.66. The summed E-state index contributed by atoms with van der Waals surface area (Å²) in [5, 5.41) is 10.3. The van der Waals surface area contributed by atoms with Gasteiger partial charge in [-0.3, -0.25) is 0 Å². The van der Waals surface area contributed by atoms with Gasteiger partial charge in [0.2, 0.25) is 0 Å². The number of piperidine rings is 1. The monoisotopic (exact) mass is 369 g/mol. The third-order valence-corrected chi connectivity index (χ3v) is 4.56. The highest BCUT2D eigenvalue weighted by Gasteiger charge is 2.32. The van der Waals surface area contributed by atoms with Gasteiger partial charge in [0, 0.05) is 23.5 Å². The molecule has 122 valence electrons. The molecule has 5 heteroatoms. The Labute approximate surface area is 140 Å². The molecule has 1 fully saturated rings. The van der Waals surface area contributed by atoms with E-state index in [4.69, 9.17) is 4.74 Å². The van der Waals surface area contributed by atoms with Crippen molar-refractivity contribution in [3.05, 3.63) is 34.3 Å². The number of carbonyl (C=O) groups is 1. The highest BCUT2D eigenvalue weighted by atomic mass is 79.9. The molecule has 1 N–H and O–H groups in total. The second-order valence-corrected chi connectivity index (χ2v) is 7.69. The van der Waals surface area contributed by atoms with E-state index in [-0.39, 0.29) is 18.1 Å². The number of hydrogen-bond acceptors (Lipinski definition) is 3. The van der Waals surface area contributed by atoms with Crippen LogP contribution < -0.4 is 0 Å². The van der Waals surface area contributed by atoms with Gasteiger partial charge in [0.15, 0.2) is 0 Å². The molecule has 0 bridgehead atoms. The van der Waals surface area contributed by atoms with Gasteiger partial charge in [-0.05, 0) is 45.2 Å². The fraction of sp³-hybridized carbons (Fsp3) is 0.588. The molecule has 1 aromatic rings. The number of aliphatic hydroxyl groups is 1. The fourth-order valence-corrected chi connectivity index (χ4v) is 3.11. The van der Waals surface area contributed by atoms with Crippen LogP contribution in [0.15, 0.2) is 28.7 Å². The minimum absolute atomic E-state index is 0.0277. The smallest absolute Gasteiger partial charge is 0.410 e. The molecular weight excluding hydrogens is 346 g/mol. The molecule has 1 heterocycles. The van der Waals surface area contributed by atoms with Crippen molar-refractivity contribution in [2.75, 3.05) is 13.1 Å². The summed E-state index contributed by atoms with van der Waals surface area (Å²) in [4.78, 5) is 13.9. The van der Waals surface area contributed by atoms with E-state index in [1.54, 1.807) is 4.90 Å².